The molecule has 0 aliphatic rings. The Bertz CT molecular complexity index is 924. The van der Waals surface area contributed by atoms with Gasteiger partial charge in [-0.25, -0.2) is 8.42 Å². The number of benzene rings is 1. The molecule has 2 atom stereocenters. The largest absolute Gasteiger partial charge is 0.348 e. The van der Waals surface area contributed by atoms with Crippen molar-refractivity contribution in [1.29, 1.82) is 0 Å². The molecule has 0 radical (unpaired) electrons. The normalized spacial score (nSPS) is 14.1. The fraction of sp³-hybridized carbons (Fsp3) is 0.412. The number of carbonyl (C=O) groups is 1. The van der Waals surface area contributed by atoms with Crippen LogP contribution < -0.4 is 10.0 Å². The molecule has 1 heterocycles. The van der Waals surface area contributed by atoms with E-state index in [1.165, 1.54) is 11.6 Å². The molecule has 0 saturated heterocycles. The highest BCUT2D eigenvalue weighted by molar-refractivity contribution is 9.10. The zero-order valence-corrected chi connectivity index (χ0v) is 17.8. The summed E-state index contributed by atoms with van der Waals surface area (Å²) in [4.78, 5) is 12.6. The van der Waals surface area contributed by atoms with E-state index >= 15 is 0 Å². The molecule has 2 rings (SSSR count). The molecule has 26 heavy (non-hydrogen) atoms. The van der Waals surface area contributed by atoms with Crippen molar-refractivity contribution in [3.8, 4) is 0 Å². The summed E-state index contributed by atoms with van der Waals surface area (Å²) in [7, 11) is -2.18. The monoisotopic (exact) mass is 442 g/mol. The predicted octanol–water partition coefficient (Wildman–Crippen LogP) is 2.34. The molecular weight excluding hydrogens is 420 g/mol. The van der Waals surface area contributed by atoms with Gasteiger partial charge in [-0.1, -0.05) is 34.1 Å². The Balaban J connectivity index is 2.12. The number of hydrogen-bond donors (Lipinski definition) is 2. The maximum absolute atomic E-state index is 12.7. The number of sulfonamides is 1. The van der Waals surface area contributed by atoms with E-state index in [0.29, 0.717) is 11.4 Å². The fourth-order valence-corrected chi connectivity index (χ4v) is 5.00. The average molecular weight is 443 g/mol. The van der Waals surface area contributed by atoms with Crippen molar-refractivity contribution < 1.29 is 13.2 Å². The van der Waals surface area contributed by atoms with Crippen LogP contribution in [-0.2, 0) is 21.9 Å². The predicted molar refractivity (Wildman–Crippen MR) is 103 cm³/mol. The molecule has 1 amide bonds. The van der Waals surface area contributed by atoms with Crippen molar-refractivity contribution in [2.24, 2.45) is 7.05 Å². The van der Waals surface area contributed by atoms with Crippen LogP contribution in [0.15, 0.2) is 33.6 Å². The number of rotatable bonds is 6. The van der Waals surface area contributed by atoms with Gasteiger partial charge in [-0.2, -0.15) is 9.82 Å². The van der Waals surface area contributed by atoms with Gasteiger partial charge >= 0.3 is 0 Å². The highest BCUT2D eigenvalue weighted by atomic mass is 79.9. The second-order valence-electron chi connectivity index (χ2n) is 6.22. The highest BCUT2D eigenvalue weighted by Gasteiger charge is 2.28. The first kappa shape index (κ1) is 20.6. The molecule has 142 valence electrons. The molecular formula is C17H23BrN4O3S. The zero-order chi connectivity index (χ0) is 19.6. The third kappa shape index (κ3) is 4.33. The fourth-order valence-electron chi connectivity index (χ4n) is 2.73. The van der Waals surface area contributed by atoms with Crippen molar-refractivity contribution in [2.45, 2.75) is 44.7 Å². The minimum atomic E-state index is -3.86. The lowest BCUT2D eigenvalue weighted by Gasteiger charge is -2.20. The molecule has 0 aliphatic heterocycles. The van der Waals surface area contributed by atoms with Crippen molar-refractivity contribution in [1.82, 2.24) is 19.8 Å². The van der Waals surface area contributed by atoms with Gasteiger partial charge in [0, 0.05) is 11.5 Å². The van der Waals surface area contributed by atoms with E-state index in [4.69, 9.17) is 0 Å². The zero-order valence-electron chi connectivity index (χ0n) is 15.4. The van der Waals surface area contributed by atoms with Crippen LogP contribution in [0.3, 0.4) is 0 Å². The van der Waals surface area contributed by atoms with Crippen LogP contribution in [-0.4, -0.2) is 30.1 Å². The Hall–Kier alpha value is -1.71. The SMILES string of the molecule is Cc1nn(C)c(C)c1S(=O)(=O)N[C@H](C)C(=O)N[C@H](C)c1ccccc1Br. The second-order valence-corrected chi connectivity index (χ2v) is 8.72. The van der Waals surface area contributed by atoms with Gasteiger partial charge in [-0.15, -0.1) is 0 Å². The minimum Gasteiger partial charge on any atom is -0.348 e. The lowest BCUT2D eigenvalue weighted by Crippen LogP contribution is -2.45. The van der Waals surface area contributed by atoms with E-state index in [-0.39, 0.29) is 10.9 Å². The van der Waals surface area contributed by atoms with Crippen LogP contribution in [0, 0.1) is 13.8 Å². The van der Waals surface area contributed by atoms with Gasteiger partial charge in [-0.3, -0.25) is 9.48 Å². The van der Waals surface area contributed by atoms with Crippen LogP contribution in [0.1, 0.15) is 36.8 Å². The van der Waals surface area contributed by atoms with Crippen molar-refractivity contribution in [2.75, 3.05) is 0 Å². The Morgan fingerprint density at radius 3 is 2.38 bits per heavy atom. The van der Waals surface area contributed by atoms with Gasteiger partial charge in [0.15, 0.2) is 0 Å². The summed E-state index contributed by atoms with van der Waals surface area (Å²) in [5.74, 6) is -0.406. The van der Waals surface area contributed by atoms with Crippen molar-refractivity contribution in [3.05, 3.63) is 45.7 Å². The summed E-state index contributed by atoms with van der Waals surface area (Å²) < 4.78 is 30.1. The number of aryl methyl sites for hydroxylation is 2. The Morgan fingerprint density at radius 1 is 1.23 bits per heavy atom. The average Bonchev–Trinajstić information content (AvgIpc) is 2.80. The molecule has 0 bridgehead atoms. The topological polar surface area (TPSA) is 93.1 Å². The Labute approximate surface area is 162 Å². The first-order valence-corrected chi connectivity index (χ1v) is 10.4. The number of nitrogens with one attached hydrogen (secondary N) is 2. The molecule has 1 aromatic carbocycles. The van der Waals surface area contributed by atoms with Crippen LogP contribution in [0.2, 0.25) is 0 Å². The molecule has 0 saturated carbocycles. The molecule has 9 heteroatoms. The first-order valence-electron chi connectivity index (χ1n) is 8.12. The van der Waals surface area contributed by atoms with Crippen LogP contribution >= 0.6 is 15.9 Å². The smallest absolute Gasteiger partial charge is 0.244 e. The number of halogens is 1. The third-order valence-electron chi connectivity index (χ3n) is 4.17. The second kappa shape index (κ2) is 7.89. The van der Waals surface area contributed by atoms with Crippen LogP contribution in [0.4, 0.5) is 0 Å². The third-order valence-corrected chi connectivity index (χ3v) is 6.68. The molecule has 1 aromatic heterocycles. The van der Waals surface area contributed by atoms with Crippen LogP contribution in [0.5, 0.6) is 0 Å². The van der Waals surface area contributed by atoms with Gasteiger partial charge in [0.1, 0.15) is 4.90 Å². The summed E-state index contributed by atoms with van der Waals surface area (Å²) in [5.41, 5.74) is 1.82. The van der Waals surface area contributed by atoms with E-state index in [0.717, 1.165) is 10.0 Å². The first-order chi connectivity index (χ1) is 12.0. The maximum atomic E-state index is 12.7. The molecule has 7 nitrogen and oxygen atoms in total. The lowest BCUT2D eigenvalue weighted by atomic mass is 10.1. The van der Waals surface area contributed by atoms with E-state index in [9.17, 15) is 13.2 Å². The molecule has 0 fully saturated rings. The van der Waals surface area contributed by atoms with E-state index in [1.54, 1.807) is 20.9 Å². The maximum Gasteiger partial charge on any atom is 0.244 e. The summed E-state index contributed by atoms with van der Waals surface area (Å²) in [5, 5.41) is 6.95. The van der Waals surface area contributed by atoms with Gasteiger partial charge in [0.05, 0.1) is 23.5 Å². The number of hydrogen-bond acceptors (Lipinski definition) is 4. The highest BCUT2D eigenvalue weighted by Crippen LogP contribution is 2.23. The molecule has 0 unspecified atom stereocenters. The van der Waals surface area contributed by atoms with Gasteiger partial charge in [-0.05, 0) is 39.3 Å². The number of aromatic nitrogens is 2. The summed E-state index contributed by atoms with van der Waals surface area (Å²) >= 11 is 3.45. The Morgan fingerprint density at radius 2 is 1.85 bits per heavy atom. The van der Waals surface area contributed by atoms with E-state index in [2.05, 4.69) is 31.1 Å². The molecule has 2 aromatic rings. The minimum absolute atomic E-state index is 0.110. The summed E-state index contributed by atoms with van der Waals surface area (Å²) in [6.45, 7) is 6.66. The van der Waals surface area contributed by atoms with Gasteiger partial charge in [0.25, 0.3) is 0 Å². The molecule has 2 N–H and O–H groups in total. The lowest BCUT2D eigenvalue weighted by molar-refractivity contribution is -0.123. The van der Waals surface area contributed by atoms with E-state index < -0.39 is 22.0 Å². The molecule has 0 spiro atoms. The molecule has 0 aliphatic carbocycles. The number of nitrogens with zero attached hydrogens (tertiary/aromatic N) is 2. The summed E-state index contributed by atoms with van der Waals surface area (Å²) in [6, 6.07) is 6.35. The quantitative estimate of drug-likeness (QED) is 0.717. The standard InChI is InChI=1S/C17H23BrN4O3S/c1-10(14-8-6-7-9-15(14)18)19-17(23)12(3)21-26(24,25)16-11(2)20-22(5)13(16)4/h6-10,12,21H,1-5H3,(H,19,23)/t10-,12-/m1/s1. The van der Waals surface area contributed by atoms with Gasteiger partial charge < -0.3 is 5.32 Å². The number of amides is 1. The van der Waals surface area contributed by atoms with Gasteiger partial charge in [0.2, 0.25) is 15.9 Å². The summed E-state index contributed by atoms with van der Waals surface area (Å²) in [6.07, 6.45) is 0. The number of carbonyl (C=O) groups excluding carboxylic acids is 1. The van der Waals surface area contributed by atoms with Crippen LogP contribution in [0.25, 0.3) is 0 Å². The Kier molecular flexibility index (Phi) is 6.25. The van der Waals surface area contributed by atoms with Crippen molar-refractivity contribution in [3.63, 3.8) is 0 Å². The van der Waals surface area contributed by atoms with Crippen molar-refractivity contribution >= 4 is 31.9 Å². The van der Waals surface area contributed by atoms with E-state index in [1.807, 2.05) is 31.2 Å².